The second-order valence-electron chi connectivity index (χ2n) is 5.41. The second kappa shape index (κ2) is 7.61. The average molecular weight is 293 g/mol. The molecular weight excluding hydrogens is 270 g/mol. The minimum atomic E-state index is -0.929. The maximum absolute atomic E-state index is 12.0. The molecule has 1 atom stereocenters. The van der Waals surface area contributed by atoms with E-state index in [1.165, 1.54) is 0 Å². The molecule has 6 nitrogen and oxygen atoms in total. The number of carbonyl (C=O) groups is 2. The zero-order chi connectivity index (χ0) is 15.9. The molecule has 6 heteroatoms. The first-order chi connectivity index (χ1) is 9.89. The van der Waals surface area contributed by atoms with E-state index in [0.29, 0.717) is 13.0 Å². The molecule has 0 radical (unpaired) electrons. The van der Waals surface area contributed by atoms with Crippen LogP contribution in [-0.2, 0) is 11.2 Å². The van der Waals surface area contributed by atoms with Gasteiger partial charge in [-0.15, -0.1) is 0 Å². The van der Waals surface area contributed by atoms with Crippen LogP contribution in [0.25, 0.3) is 0 Å². The van der Waals surface area contributed by atoms with Crippen LogP contribution < -0.4 is 5.32 Å². The number of carboxylic acid groups (broad SMARTS) is 1. The van der Waals surface area contributed by atoms with Crippen LogP contribution in [0.15, 0.2) is 24.5 Å². The Hall–Kier alpha value is -2.11. The summed E-state index contributed by atoms with van der Waals surface area (Å²) in [6.07, 6.45) is 4.63. The number of rotatable bonds is 7. The molecule has 1 heterocycles. The third-order valence-electron chi connectivity index (χ3n) is 3.76. The molecule has 0 saturated carbocycles. The number of hydrogen-bond donors (Lipinski definition) is 2. The first-order valence-corrected chi connectivity index (χ1v) is 7.00. The van der Waals surface area contributed by atoms with E-state index < -0.39 is 11.4 Å². The second-order valence-corrected chi connectivity index (χ2v) is 5.41. The third kappa shape index (κ3) is 5.06. The van der Waals surface area contributed by atoms with Gasteiger partial charge in [0.15, 0.2) is 0 Å². The Bertz CT molecular complexity index is 478. The van der Waals surface area contributed by atoms with Crippen molar-refractivity contribution in [3.05, 3.63) is 30.1 Å². The number of aromatic nitrogens is 1. The topological polar surface area (TPSA) is 82.5 Å². The highest BCUT2D eigenvalue weighted by atomic mass is 16.4. The first-order valence-electron chi connectivity index (χ1n) is 7.00. The zero-order valence-electron chi connectivity index (χ0n) is 12.8. The van der Waals surface area contributed by atoms with E-state index in [0.717, 1.165) is 12.0 Å². The minimum absolute atomic E-state index is 0.122. The SMILES string of the molecule is CCC(C)(CNC(=O)N(C)CCc1ccncc1)C(=O)O. The fourth-order valence-corrected chi connectivity index (χ4v) is 1.71. The molecule has 2 amide bonds. The summed E-state index contributed by atoms with van der Waals surface area (Å²) in [5, 5.41) is 11.9. The first kappa shape index (κ1) is 16.9. The van der Waals surface area contributed by atoms with Crippen molar-refractivity contribution < 1.29 is 14.7 Å². The predicted molar refractivity (Wildman–Crippen MR) is 80.0 cm³/mol. The Labute approximate surface area is 125 Å². The van der Waals surface area contributed by atoms with Crippen molar-refractivity contribution in [3.63, 3.8) is 0 Å². The molecule has 0 fully saturated rings. The summed E-state index contributed by atoms with van der Waals surface area (Å²) in [6.45, 7) is 4.11. The largest absolute Gasteiger partial charge is 0.481 e. The number of amides is 2. The van der Waals surface area contributed by atoms with Crippen molar-refractivity contribution in [1.82, 2.24) is 15.2 Å². The lowest BCUT2D eigenvalue weighted by Crippen LogP contribution is -2.45. The van der Waals surface area contributed by atoms with Gasteiger partial charge in [0.05, 0.1) is 5.41 Å². The smallest absolute Gasteiger partial charge is 0.317 e. The van der Waals surface area contributed by atoms with Crippen molar-refractivity contribution in [2.75, 3.05) is 20.1 Å². The molecule has 0 aliphatic carbocycles. The van der Waals surface area contributed by atoms with Crippen molar-refractivity contribution in [1.29, 1.82) is 0 Å². The highest BCUT2D eigenvalue weighted by Gasteiger charge is 2.31. The molecule has 0 saturated heterocycles. The Kier molecular flexibility index (Phi) is 6.14. The van der Waals surface area contributed by atoms with Gasteiger partial charge in [-0.2, -0.15) is 0 Å². The maximum Gasteiger partial charge on any atom is 0.317 e. The van der Waals surface area contributed by atoms with Gasteiger partial charge in [0.1, 0.15) is 0 Å². The summed E-state index contributed by atoms with van der Waals surface area (Å²) >= 11 is 0. The van der Waals surface area contributed by atoms with Crippen LogP contribution in [0.3, 0.4) is 0 Å². The van der Waals surface area contributed by atoms with Gasteiger partial charge < -0.3 is 15.3 Å². The fourth-order valence-electron chi connectivity index (χ4n) is 1.71. The quantitative estimate of drug-likeness (QED) is 0.802. The number of nitrogens with one attached hydrogen (secondary N) is 1. The summed E-state index contributed by atoms with van der Waals surface area (Å²) in [4.78, 5) is 28.6. The van der Waals surface area contributed by atoms with Gasteiger partial charge in [0.2, 0.25) is 0 Å². The Morgan fingerprint density at radius 3 is 2.52 bits per heavy atom. The van der Waals surface area contributed by atoms with Crippen molar-refractivity contribution in [3.8, 4) is 0 Å². The van der Waals surface area contributed by atoms with Gasteiger partial charge in [-0.3, -0.25) is 9.78 Å². The van der Waals surface area contributed by atoms with E-state index in [1.807, 2.05) is 12.1 Å². The highest BCUT2D eigenvalue weighted by Crippen LogP contribution is 2.19. The normalized spacial score (nSPS) is 13.3. The van der Waals surface area contributed by atoms with Crippen LogP contribution in [0.1, 0.15) is 25.8 Å². The fraction of sp³-hybridized carbons (Fsp3) is 0.533. The van der Waals surface area contributed by atoms with E-state index in [4.69, 9.17) is 5.11 Å². The molecule has 116 valence electrons. The average Bonchev–Trinajstić information content (AvgIpc) is 2.50. The lowest BCUT2D eigenvalue weighted by Gasteiger charge is -2.25. The van der Waals surface area contributed by atoms with Crippen LogP contribution in [0.5, 0.6) is 0 Å². The summed E-state index contributed by atoms with van der Waals surface area (Å²) in [7, 11) is 1.70. The van der Waals surface area contributed by atoms with Crippen LogP contribution in [0.2, 0.25) is 0 Å². The molecule has 1 rings (SSSR count). The van der Waals surface area contributed by atoms with Crippen LogP contribution in [0, 0.1) is 5.41 Å². The molecule has 1 aromatic rings. The lowest BCUT2D eigenvalue weighted by molar-refractivity contribution is -0.147. The van der Waals surface area contributed by atoms with E-state index in [1.54, 1.807) is 38.2 Å². The van der Waals surface area contributed by atoms with Gasteiger partial charge in [-0.05, 0) is 37.5 Å². The zero-order valence-corrected chi connectivity index (χ0v) is 12.8. The lowest BCUT2D eigenvalue weighted by atomic mass is 9.88. The van der Waals surface area contributed by atoms with Gasteiger partial charge in [0, 0.05) is 32.5 Å². The molecule has 0 aliphatic heterocycles. The Morgan fingerprint density at radius 2 is 2.00 bits per heavy atom. The van der Waals surface area contributed by atoms with Crippen LogP contribution >= 0.6 is 0 Å². The van der Waals surface area contributed by atoms with Crippen molar-refractivity contribution in [2.24, 2.45) is 5.41 Å². The highest BCUT2D eigenvalue weighted by molar-refractivity contribution is 5.77. The van der Waals surface area contributed by atoms with Gasteiger partial charge in [-0.1, -0.05) is 6.92 Å². The molecule has 0 bridgehead atoms. The number of nitrogens with zero attached hydrogens (tertiary/aromatic N) is 2. The van der Waals surface area contributed by atoms with Crippen LogP contribution in [-0.4, -0.2) is 47.1 Å². The van der Waals surface area contributed by atoms with E-state index in [-0.39, 0.29) is 12.6 Å². The standard InChI is InChI=1S/C15H23N3O3/c1-4-15(2,13(19)20)11-17-14(21)18(3)10-7-12-5-8-16-9-6-12/h5-6,8-9H,4,7,10-11H2,1-3H3,(H,17,21)(H,19,20). The number of carboxylic acids is 1. The molecule has 0 aromatic carbocycles. The summed E-state index contributed by atoms with van der Waals surface area (Å²) in [5.41, 5.74) is 0.176. The van der Waals surface area contributed by atoms with Crippen LogP contribution in [0.4, 0.5) is 4.79 Å². The number of aliphatic carboxylic acids is 1. The molecule has 0 spiro atoms. The number of carbonyl (C=O) groups excluding carboxylic acids is 1. The van der Waals surface area contributed by atoms with Crippen molar-refractivity contribution >= 4 is 12.0 Å². The van der Waals surface area contributed by atoms with Crippen molar-refractivity contribution in [2.45, 2.75) is 26.7 Å². The number of urea groups is 1. The molecule has 21 heavy (non-hydrogen) atoms. The maximum atomic E-state index is 12.0. The minimum Gasteiger partial charge on any atom is -0.481 e. The molecule has 1 unspecified atom stereocenters. The predicted octanol–water partition coefficient (Wildman–Crippen LogP) is 1.77. The third-order valence-corrected chi connectivity index (χ3v) is 3.76. The van der Waals surface area contributed by atoms with E-state index >= 15 is 0 Å². The molecule has 1 aromatic heterocycles. The molecule has 2 N–H and O–H groups in total. The summed E-state index contributed by atoms with van der Waals surface area (Å²) in [5.74, 6) is -0.898. The Balaban J connectivity index is 2.43. The van der Waals surface area contributed by atoms with Gasteiger partial charge in [0.25, 0.3) is 0 Å². The van der Waals surface area contributed by atoms with E-state index in [2.05, 4.69) is 10.3 Å². The number of hydrogen-bond acceptors (Lipinski definition) is 3. The number of likely N-dealkylation sites (N-methyl/N-ethyl adjacent to an activating group) is 1. The monoisotopic (exact) mass is 293 g/mol. The van der Waals surface area contributed by atoms with Gasteiger partial charge >= 0.3 is 12.0 Å². The van der Waals surface area contributed by atoms with E-state index in [9.17, 15) is 9.59 Å². The summed E-state index contributed by atoms with van der Waals surface area (Å²) in [6, 6.07) is 3.55. The molecular formula is C15H23N3O3. The summed E-state index contributed by atoms with van der Waals surface area (Å²) < 4.78 is 0. The number of pyridine rings is 1. The Morgan fingerprint density at radius 1 is 1.38 bits per heavy atom. The molecule has 0 aliphatic rings. The van der Waals surface area contributed by atoms with Gasteiger partial charge in [-0.25, -0.2) is 4.79 Å².